The molecule has 4 aromatic rings. The zero-order valence-corrected chi connectivity index (χ0v) is 29.6. The molecule has 0 saturated carbocycles. The summed E-state index contributed by atoms with van der Waals surface area (Å²) in [6.45, 7) is 13.0. The van der Waals surface area contributed by atoms with E-state index in [1.165, 1.54) is 12.1 Å². The smallest absolute Gasteiger partial charge is 0.399 e. The van der Waals surface area contributed by atoms with Gasteiger partial charge in [-0.25, -0.2) is 0 Å². The summed E-state index contributed by atoms with van der Waals surface area (Å²) in [6, 6.07) is 15.1. The van der Waals surface area contributed by atoms with Crippen molar-refractivity contribution >= 4 is 50.9 Å². The topological polar surface area (TPSA) is 79.8 Å². The molecule has 254 valence electrons. The number of carbonyl (C=O) groups excluding carboxylic acids is 1. The Kier molecular flexibility index (Phi) is 10.7. The fraction of sp³-hybridized carbons (Fsp3) is 0.400. The van der Waals surface area contributed by atoms with Crippen LogP contribution in [-0.2, 0) is 22.0 Å². The molecule has 1 N–H and O–H groups in total. The van der Waals surface area contributed by atoms with Crippen molar-refractivity contribution in [1.29, 1.82) is 0 Å². The molecule has 2 saturated heterocycles. The molecule has 8 nitrogen and oxygen atoms in total. The van der Waals surface area contributed by atoms with E-state index >= 15 is 0 Å². The maximum absolute atomic E-state index is 13.9. The average molecular weight is 726 g/mol. The summed E-state index contributed by atoms with van der Waals surface area (Å²) >= 11 is 3.38. The lowest BCUT2D eigenvalue weighted by molar-refractivity contribution is -0.138. The van der Waals surface area contributed by atoms with E-state index in [9.17, 15) is 18.0 Å². The summed E-state index contributed by atoms with van der Waals surface area (Å²) in [6.07, 6.45) is -1.06. The van der Waals surface area contributed by atoms with Gasteiger partial charge >= 0.3 is 13.3 Å². The van der Waals surface area contributed by atoms with Crippen LogP contribution in [0, 0.1) is 6.92 Å². The van der Waals surface area contributed by atoms with Crippen LogP contribution in [0.2, 0.25) is 0 Å². The number of halogens is 4. The second-order valence-corrected chi connectivity index (χ2v) is 14.2. The predicted molar refractivity (Wildman–Crippen MR) is 186 cm³/mol. The Labute approximate surface area is 288 Å². The summed E-state index contributed by atoms with van der Waals surface area (Å²) in [5, 5.41) is 12.5. The van der Waals surface area contributed by atoms with Gasteiger partial charge < -0.3 is 19.5 Å². The lowest BCUT2D eigenvalue weighted by atomic mass is 9.76. The van der Waals surface area contributed by atoms with Gasteiger partial charge in [0.05, 0.1) is 29.2 Å². The molecule has 0 radical (unpaired) electrons. The molecule has 3 heterocycles. The first-order chi connectivity index (χ1) is 22.5. The number of hydrogen-bond acceptors (Lipinski definition) is 7. The monoisotopic (exact) mass is 725 g/mol. The SMILES string of the molecule is Brc1ccc2cnncc2c1.Cc1ccc(NC(=O)c2ccc(CN3CCN(C)CC3)c(C(F)(F)F)c2)cc1B1OC(C)(C)C(C)(C)O1. The van der Waals surface area contributed by atoms with Gasteiger partial charge in [-0.05, 0) is 89.1 Å². The van der Waals surface area contributed by atoms with Crippen molar-refractivity contribution in [3.63, 3.8) is 0 Å². The third kappa shape index (κ3) is 8.43. The molecule has 0 spiro atoms. The number of hydrogen-bond donors (Lipinski definition) is 1. The number of anilines is 1. The lowest BCUT2D eigenvalue weighted by Crippen LogP contribution is -2.44. The molecule has 1 amide bonds. The van der Waals surface area contributed by atoms with Crippen molar-refractivity contribution in [3.05, 3.63) is 93.7 Å². The summed E-state index contributed by atoms with van der Waals surface area (Å²) in [4.78, 5) is 17.2. The van der Waals surface area contributed by atoms with Gasteiger partial charge in [0.25, 0.3) is 5.91 Å². The van der Waals surface area contributed by atoms with E-state index < -0.39 is 36.0 Å². The molecule has 0 unspecified atom stereocenters. The Balaban J connectivity index is 0.000000343. The van der Waals surface area contributed by atoms with Crippen LogP contribution in [0.15, 0.2) is 71.5 Å². The minimum Gasteiger partial charge on any atom is -0.399 e. The van der Waals surface area contributed by atoms with Crippen molar-refractivity contribution in [3.8, 4) is 0 Å². The number of rotatable bonds is 5. The fourth-order valence-corrected chi connectivity index (χ4v) is 5.86. The summed E-state index contributed by atoms with van der Waals surface area (Å²) in [5.41, 5.74) is 0.432. The lowest BCUT2D eigenvalue weighted by Gasteiger charge is -2.33. The van der Waals surface area contributed by atoms with E-state index in [0.29, 0.717) is 18.8 Å². The van der Waals surface area contributed by atoms with Crippen molar-refractivity contribution in [2.75, 3.05) is 38.5 Å². The number of alkyl halides is 3. The molecular formula is C35H40BBrF3N5O3. The normalized spacial score (nSPS) is 18.0. The van der Waals surface area contributed by atoms with E-state index in [1.54, 1.807) is 24.5 Å². The molecule has 2 aliphatic heterocycles. The molecule has 0 atom stereocenters. The molecule has 6 rings (SSSR count). The largest absolute Gasteiger partial charge is 0.495 e. The Hall–Kier alpha value is -3.36. The van der Waals surface area contributed by atoms with Gasteiger partial charge in [0.15, 0.2) is 0 Å². The Morgan fingerprint density at radius 1 is 0.917 bits per heavy atom. The van der Waals surface area contributed by atoms with Gasteiger partial charge in [0, 0.05) is 59.2 Å². The molecular weight excluding hydrogens is 686 g/mol. The van der Waals surface area contributed by atoms with Crippen molar-refractivity contribution in [2.45, 2.75) is 58.5 Å². The van der Waals surface area contributed by atoms with Crippen molar-refractivity contribution < 1.29 is 27.3 Å². The van der Waals surface area contributed by atoms with Crippen LogP contribution in [0.5, 0.6) is 0 Å². The zero-order chi connectivity index (χ0) is 34.9. The van der Waals surface area contributed by atoms with Crippen LogP contribution in [0.4, 0.5) is 18.9 Å². The zero-order valence-electron chi connectivity index (χ0n) is 28.0. The molecule has 2 fully saturated rings. The number of amides is 1. The van der Waals surface area contributed by atoms with Gasteiger partial charge in [0.1, 0.15) is 0 Å². The molecule has 0 bridgehead atoms. The predicted octanol–water partition coefficient (Wildman–Crippen LogP) is 6.71. The Morgan fingerprint density at radius 3 is 2.21 bits per heavy atom. The number of likely N-dealkylation sites (N-methyl/N-ethyl adjacent to an activating group) is 1. The highest BCUT2D eigenvalue weighted by Crippen LogP contribution is 2.37. The number of piperazine rings is 1. The molecule has 13 heteroatoms. The van der Waals surface area contributed by atoms with E-state index in [-0.39, 0.29) is 17.7 Å². The van der Waals surface area contributed by atoms with E-state index in [1.807, 2.05) is 70.8 Å². The van der Waals surface area contributed by atoms with Crippen LogP contribution in [0.1, 0.15) is 54.7 Å². The van der Waals surface area contributed by atoms with Crippen LogP contribution < -0.4 is 10.8 Å². The van der Waals surface area contributed by atoms with Crippen LogP contribution in [-0.4, -0.2) is 77.5 Å². The number of aromatic nitrogens is 2. The third-order valence-corrected chi connectivity index (χ3v) is 9.71. The first-order valence-electron chi connectivity index (χ1n) is 15.8. The first-order valence-corrected chi connectivity index (χ1v) is 16.6. The van der Waals surface area contributed by atoms with Crippen LogP contribution >= 0.6 is 15.9 Å². The fourth-order valence-electron chi connectivity index (χ4n) is 5.48. The Bertz CT molecular complexity index is 1760. The number of nitrogens with zero attached hydrogens (tertiary/aromatic N) is 4. The third-order valence-electron chi connectivity index (χ3n) is 9.22. The molecule has 1 aromatic heterocycles. The molecule has 48 heavy (non-hydrogen) atoms. The highest BCUT2D eigenvalue weighted by atomic mass is 79.9. The molecule has 0 aliphatic carbocycles. The van der Waals surface area contributed by atoms with E-state index in [2.05, 4.69) is 36.3 Å². The minimum atomic E-state index is -4.56. The van der Waals surface area contributed by atoms with Crippen molar-refractivity contribution in [2.24, 2.45) is 0 Å². The quantitative estimate of drug-likeness (QED) is 0.230. The van der Waals surface area contributed by atoms with Gasteiger partial charge in [-0.2, -0.15) is 23.4 Å². The average Bonchev–Trinajstić information content (AvgIpc) is 3.25. The summed E-state index contributed by atoms with van der Waals surface area (Å²) in [5.74, 6) is -0.611. The molecule has 2 aliphatic rings. The van der Waals surface area contributed by atoms with Gasteiger partial charge in [-0.3, -0.25) is 9.69 Å². The van der Waals surface area contributed by atoms with E-state index in [0.717, 1.165) is 45.4 Å². The minimum absolute atomic E-state index is 0.0489. The second-order valence-electron chi connectivity index (χ2n) is 13.3. The van der Waals surface area contributed by atoms with Crippen LogP contribution in [0.3, 0.4) is 0 Å². The maximum Gasteiger partial charge on any atom is 0.495 e. The second kappa shape index (κ2) is 14.2. The maximum atomic E-state index is 13.9. The number of aryl methyl sites for hydroxylation is 1. The van der Waals surface area contributed by atoms with Crippen molar-refractivity contribution in [1.82, 2.24) is 20.0 Å². The number of benzene rings is 3. The number of nitrogens with one attached hydrogen (secondary N) is 1. The van der Waals surface area contributed by atoms with E-state index in [4.69, 9.17) is 9.31 Å². The summed E-state index contributed by atoms with van der Waals surface area (Å²) < 4.78 is 55.2. The standard InChI is InChI=1S/C27H35BF3N3O3.C8H5BrN2/c1-18-7-10-21(16-23(18)28-36-25(2,3)26(4,5)37-28)32-24(35)19-8-9-20(22(15-19)27(29,30)31)17-34-13-11-33(6)12-14-34;9-8-2-1-6-4-10-11-5-7(6)3-8/h7-10,15-16H,11-14,17H2,1-6H3,(H,32,35);1-5H. The molecule has 3 aromatic carbocycles. The Morgan fingerprint density at radius 2 is 1.56 bits per heavy atom. The summed E-state index contributed by atoms with van der Waals surface area (Å²) in [7, 11) is 1.38. The van der Waals surface area contributed by atoms with Gasteiger partial charge in [-0.1, -0.05) is 39.7 Å². The highest BCUT2D eigenvalue weighted by Gasteiger charge is 2.52. The highest BCUT2D eigenvalue weighted by molar-refractivity contribution is 9.10. The van der Waals surface area contributed by atoms with Gasteiger partial charge in [-0.15, -0.1) is 0 Å². The number of carbonyl (C=O) groups is 1. The first kappa shape index (κ1) is 35.9. The number of fused-ring (bicyclic) bond motifs is 1. The van der Waals surface area contributed by atoms with Crippen LogP contribution in [0.25, 0.3) is 10.8 Å². The van der Waals surface area contributed by atoms with Gasteiger partial charge in [0.2, 0.25) is 0 Å².